The van der Waals surface area contributed by atoms with Gasteiger partial charge in [-0.05, 0) is 43.2 Å². The second kappa shape index (κ2) is 9.56. The summed E-state index contributed by atoms with van der Waals surface area (Å²) in [6.45, 7) is 3.35. The zero-order chi connectivity index (χ0) is 20.7. The number of halogens is 1. The maximum atomic E-state index is 11.8. The Balaban J connectivity index is 1.97. The highest BCUT2D eigenvalue weighted by molar-refractivity contribution is 6.32. The first kappa shape index (κ1) is 21.0. The fourth-order valence-corrected chi connectivity index (χ4v) is 2.40. The zero-order valence-corrected chi connectivity index (χ0v) is 15.9. The van der Waals surface area contributed by atoms with E-state index in [9.17, 15) is 20.0 Å². The Morgan fingerprint density at radius 2 is 2.07 bits per heavy atom. The Kier molecular flexibility index (Phi) is 7.16. The van der Waals surface area contributed by atoms with E-state index in [1.807, 2.05) is 0 Å². The third-order valence-electron chi connectivity index (χ3n) is 3.42. The first-order valence-electron chi connectivity index (χ1n) is 8.16. The SMILES string of the molecule is CCOc1cc(C=NNC(=O)COc2ccc(C)cc2[N+](=O)[O-])cc(Cl)c1O. The van der Waals surface area contributed by atoms with Crippen molar-refractivity contribution in [2.45, 2.75) is 13.8 Å². The van der Waals surface area contributed by atoms with Gasteiger partial charge in [0.15, 0.2) is 23.9 Å². The Labute approximate surface area is 165 Å². The van der Waals surface area contributed by atoms with Crippen molar-refractivity contribution in [3.05, 3.63) is 56.6 Å². The molecule has 10 heteroatoms. The summed E-state index contributed by atoms with van der Waals surface area (Å²) in [4.78, 5) is 22.3. The minimum absolute atomic E-state index is 0.0126. The molecule has 2 N–H and O–H groups in total. The lowest BCUT2D eigenvalue weighted by Crippen LogP contribution is -2.24. The molecule has 0 radical (unpaired) electrons. The predicted molar refractivity (Wildman–Crippen MR) is 103 cm³/mol. The molecule has 0 aliphatic heterocycles. The number of aryl methyl sites for hydroxylation is 1. The number of hydrogen-bond acceptors (Lipinski definition) is 7. The van der Waals surface area contributed by atoms with E-state index in [4.69, 9.17) is 21.1 Å². The van der Waals surface area contributed by atoms with Gasteiger partial charge < -0.3 is 14.6 Å². The Morgan fingerprint density at radius 1 is 1.32 bits per heavy atom. The van der Waals surface area contributed by atoms with Crippen LogP contribution >= 0.6 is 11.6 Å². The summed E-state index contributed by atoms with van der Waals surface area (Å²) in [6, 6.07) is 7.38. The molecule has 9 nitrogen and oxygen atoms in total. The molecule has 0 saturated carbocycles. The van der Waals surface area contributed by atoms with Crippen LogP contribution in [0.15, 0.2) is 35.4 Å². The van der Waals surface area contributed by atoms with Crippen LogP contribution in [0.4, 0.5) is 5.69 Å². The lowest BCUT2D eigenvalue weighted by Gasteiger charge is -2.08. The van der Waals surface area contributed by atoms with Crippen LogP contribution in [0.25, 0.3) is 0 Å². The van der Waals surface area contributed by atoms with Crippen molar-refractivity contribution in [3.8, 4) is 17.2 Å². The maximum absolute atomic E-state index is 11.8. The number of carbonyl (C=O) groups excluding carboxylic acids is 1. The molecule has 2 aromatic carbocycles. The fourth-order valence-electron chi connectivity index (χ4n) is 2.18. The van der Waals surface area contributed by atoms with E-state index in [1.54, 1.807) is 19.9 Å². The van der Waals surface area contributed by atoms with Gasteiger partial charge in [0.2, 0.25) is 0 Å². The minimum atomic E-state index is -0.610. The number of hydrogen-bond donors (Lipinski definition) is 2. The van der Waals surface area contributed by atoms with Gasteiger partial charge in [-0.3, -0.25) is 14.9 Å². The van der Waals surface area contributed by atoms with Crippen LogP contribution < -0.4 is 14.9 Å². The molecule has 0 saturated heterocycles. The van der Waals surface area contributed by atoms with E-state index >= 15 is 0 Å². The molecule has 0 spiro atoms. The second-order valence-electron chi connectivity index (χ2n) is 5.59. The normalized spacial score (nSPS) is 10.7. The number of hydrazone groups is 1. The molecule has 0 aliphatic carbocycles. The summed E-state index contributed by atoms with van der Waals surface area (Å²) in [5.41, 5.74) is 3.20. The van der Waals surface area contributed by atoms with E-state index in [0.717, 1.165) is 0 Å². The Morgan fingerprint density at radius 3 is 2.75 bits per heavy atom. The summed E-state index contributed by atoms with van der Waals surface area (Å²) in [5, 5.41) is 24.7. The number of rotatable bonds is 8. The van der Waals surface area contributed by atoms with Crippen molar-refractivity contribution in [2.24, 2.45) is 5.10 Å². The quantitative estimate of drug-likeness (QED) is 0.393. The molecule has 1 amide bonds. The average Bonchev–Trinajstić information content (AvgIpc) is 2.64. The van der Waals surface area contributed by atoms with Gasteiger partial charge in [0.1, 0.15) is 0 Å². The van der Waals surface area contributed by atoms with Crippen LogP contribution in [0.1, 0.15) is 18.1 Å². The van der Waals surface area contributed by atoms with Crippen LogP contribution in [0.2, 0.25) is 5.02 Å². The van der Waals surface area contributed by atoms with E-state index in [0.29, 0.717) is 17.7 Å². The monoisotopic (exact) mass is 407 g/mol. The third-order valence-corrected chi connectivity index (χ3v) is 3.71. The number of ether oxygens (including phenoxy) is 2. The van der Waals surface area contributed by atoms with Gasteiger partial charge in [0.25, 0.3) is 5.91 Å². The molecule has 0 aromatic heterocycles. The predicted octanol–water partition coefficient (Wildman–Crippen LogP) is 3.19. The summed E-state index contributed by atoms with van der Waals surface area (Å²) < 4.78 is 10.5. The summed E-state index contributed by atoms with van der Waals surface area (Å²) >= 11 is 5.91. The molecular formula is C18H18ClN3O6. The first-order chi connectivity index (χ1) is 13.3. The van der Waals surface area contributed by atoms with Gasteiger partial charge in [-0.15, -0.1) is 0 Å². The van der Waals surface area contributed by atoms with Crippen LogP contribution in [0, 0.1) is 17.0 Å². The number of nitrogens with zero attached hydrogens (tertiary/aromatic N) is 2. The highest BCUT2D eigenvalue weighted by atomic mass is 35.5. The van der Waals surface area contributed by atoms with E-state index in [1.165, 1.54) is 30.5 Å². The second-order valence-corrected chi connectivity index (χ2v) is 6.00. The molecule has 2 rings (SSSR count). The lowest BCUT2D eigenvalue weighted by molar-refractivity contribution is -0.385. The van der Waals surface area contributed by atoms with Gasteiger partial charge >= 0.3 is 5.69 Å². The molecule has 0 aliphatic rings. The number of carbonyl (C=O) groups is 1. The summed E-state index contributed by atoms with van der Waals surface area (Å²) in [7, 11) is 0. The van der Waals surface area contributed by atoms with Crippen molar-refractivity contribution in [3.63, 3.8) is 0 Å². The van der Waals surface area contributed by atoms with E-state index in [2.05, 4.69) is 10.5 Å². The number of phenolic OH excluding ortho intramolecular Hbond substituents is 1. The molecule has 148 valence electrons. The van der Waals surface area contributed by atoms with E-state index in [-0.39, 0.29) is 28.0 Å². The van der Waals surface area contributed by atoms with Gasteiger partial charge in [-0.1, -0.05) is 17.7 Å². The van der Waals surface area contributed by atoms with Crippen molar-refractivity contribution < 1.29 is 24.3 Å². The van der Waals surface area contributed by atoms with Gasteiger partial charge in [-0.2, -0.15) is 5.10 Å². The zero-order valence-electron chi connectivity index (χ0n) is 15.1. The number of phenols is 1. The topological polar surface area (TPSA) is 123 Å². The third kappa shape index (κ3) is 5.58. The fraction of sp³-hybridized carbons (Fsp3) is 0.222. The van der Waals surface area contributed by atoms with Crippen molar-refractivity contribution in [2.75, 3.05) is 13.2 Å². The van der Waals surface area contributed by atoms with Gasteiger partial charge in [-0.25, -0.2) is 5.43 Å². The van der Waals surface area contributed by atoms with Crippen LogP contribution in [-0.2, 0) is 4.79 Å². The van der Waals surface area contributed by atoms with Crippen molar-refractivity contribution in [1.29, 1.82) is 0 Å². The number of nitro groups is 1. The number of nitro benzene ring substituents is 1. The number of nitrogens with one attached hydrogen (secondary N) is 1. The van der Waals surface area contributed by atoms with Crippen LogP contribution in [-0.4, -0.2) is 35.4 Å². The minimum Gasteiger partial charge on any atom is -0.503 e. The lowest BCUT2D eigenvalue weighted by atomic mass is 10.2. The van der Waals surface area contributed by atoms with Crippen molar-refractivity contribution >= 4 is 29.4 Å². The largest absolute Gasteiger partial charge is 0.503 e. The highest BCUT2D eigenvalue weighted by Crippen LogP contribution is 2.34. The molecule has 0 fully saturated rings. The molecule has 2 aromatic rings. The molecule has 0 unspecified atom stereocenters. The summed E-state index contributed by atoms with van der Waals surface area (Å²) in [6.07, 6.45) is 1.31. The smallest absolute Gasteiger partial charge is 0.311 e. The number of amides is 1. The number of aromatic hydroxyl groups is 1. The average molecular weight is 408 g/mol. The Hall–Kier alpha value is -3.33. The van der Waals surface area contributed by atoms with Crippen molar-refractivity contribution in [1.82, 2.24) is 5.43 Å². The van der Waals surface area contributed by atoms with Crippen LogP contribution in [0.5, 0.6) is 17.2 Å². The maximum Gasteiger partial charge on any atom is 0.311 e. The summed E-state index contributed by atoms with van der Waals surface area (Å²) in [5.74, 6) is -0.613. The van der Waals surface area contributed by atoms with Crippen LogP contribution in [0.3, 0.4) is 0 Å². The Bertz CT molecular complexity index is 916. The standard InChI is InChI=1S/C18H18ClN3O6/c1-3-27-16-8-12(7-13(19)18(16)24)9-20-21-17(23)10-28-15-5-4-11(2)6-14(15)22(25)26/h4-9,24H,3,10H2,1-2H3,(H,21,23). The highest BCUT2D eigenvalue weighted by Gasteiger charge is 2.16. The molecular weight excluding hydrogens is 390 g/mol. The van der Waals surface area contributed by atoms with E-state index < -0.39 is 17.4 Å². The van der Waals surface area contributed by atoms with Gasteiger partial charge in [0.05, 0.1) is 22.8 Å². The van der Waals surface area contributed by atoms with Gasteiger partial charge in [0, 0.05) is 6.07 Å². The first-order valence-corrected chi connectivity index (χ1v) is 8.54. The molecule has 0 heterocycles. The molecule has 0 atom stereocenters. The molecule has 0 bridgehead atoms. The molecule has 28 heavy (non-hydrogen) atoms. The number of benzene rings is 2.